The number of hydrogen-bond acceptors (Lipinski definition) is 11. The van der Waals surface area contributed by atoms with Gasteiger partial charge in [0.1, 0.15) is 16.8 Å². The van der Waals surface area contributed by atoms with Gasteiger partial charge in [-0.3, -0.25) is 28.9 Å². The van der Waals surface area contributed by atoms with Crippen LogP contribution in [0.2, 0.25) is 0 Å². The van der Waals surface area contributed by atoms with Crippen LogP contribution in [0.15, 0.2) is 29.6 Å². The van der Waals surface area contributed by atoms with Gasteiger partial charge >= 0.3 is 11.9 Å². The third-order valence-corrected chi connectivity index (χ3v) is 12.3. The number of aryl methyl sites for hydroxylation is 1. The van der Waals surface area contributed by atoms with Crippen molar-refractivity contribution < 1.29 is 38.6 Å². The number of aliphatic hydroxyl groups excluding tert-OH is 1. The van der Waals surface area contributed by atoms with E-state index in [0.717, 1.165) is 48.3 Å². The molecule has 12 nitrogen and oxygen atoms in total. The van der Waals surface area contributed by atoms with E-state index in [1.807, 2.05) is 79.8 Å². The van der Waals surface area contributed by atoms with Crippen LogP contribution < -0.4 is 5.32 Å². The van der Waals surface area contributed by atoms with Crippen molar-refractivity contribution in [3.8, 4) is 0 Å². The van der Waals surface area contributed by atoms with Crippen LogP contribution in [0.25, 0.3) is 0 Å². The number of likely N-dealkylation sites (N-methyl/N-ethyl adjacent to an activating group) is 1. The van der Waals surface area contributed by atoms with Gasteiger partial charge < -0.3 is 24.8 Å². The van der Waals surface area contributed by atoms with E-state index in [4.69, 9.17) is 9.47 Å². The van der Waals surface area contributed by atoms with Gasteiger partial charge in [0.25, 0.3) is 5.91 Å². The van der Waals surface area contributed by atoms with E-state index in [0.29, 0.717) is 24.3 Å². The molecule has 2 amide bonds. The Kier molecular flexibility index (Phi) is 20.0. The van der Waals surface area contributed by atoms with Crippen molar-refractivity contribution in [3.05, 3.63) is 51.5 Å². The third-order valence-electron chi connectivity index (χ3n) is 11.4. The van der Waals surface area contributed by atoms with E-state index < -0.39 is 41.9 Å². The molecule has 324 valence electrons. The van der Waals surface area contributed by atoms with E-state index in [2.05, 4.69) is 15.2 Å². The number of aliphatic hydroxyl groups is 1. The number of benzene rings is 1. The number of Topliss-reactive ketones (excluding diaryl/α,β-unsaturated/α-hetero) is 1. The fourth-order valence-corrected chi connectivity index (χ4v) is 8.42. The SMILES string of the molecule is CCOC(=O)C(C)C[C@H](Cc1ccc(C)cc1)NC(=O)c1csc([C@H](O)C[C@H](C(C)C)N(COC(=O)CC(C)C)C(=O)[C@@H](CC(=O)[C@H]2CCCCN2C)[C@@H](C)CC)n1. The number of hydrogen-bond donors (Lipinski definition) is 2. The molecule has 1 aromatic carbocycles. The van der Waals surface area contributed by atoms with Gasteiger partial charge in [0.15, 0.2) is 12.5 Å². The number of ether oxygens (including phenoxy) is 2. The smallest absolute Gasteiger partial charge is 0.308 e. The molecule has 2 heterocycles. The van der Waals surface area contributed by atoms with E-state index in [9.17, 15) is 29.1 Å². The molecule has 0 spiro atoms. The van der Waals surface area contributed by atoms with Crippen molar-refractivity contribution in [1.29, 1.82) is 0 Å². The Morgan fingerprint density at radius 2 is 1.67 bits per heavy atom. The van der Waals surface area contributed by atoms with Crippen LogP contribution in [0.5, 0.6) is 0 Å². The Morgan fingerprint density at radius 1 is 0.983 bits per heavy atom. The van der Waals surface area contributed by atoms with E-state index in [1.54, 1.807) is 24.1 Å². The number of ketones is 1. The molecule has 2 N–H and O–H groups in total. The molecule has 3 rings (SSSR count). The fourth-order valence-electron chi connectivity index (χ4n) is 7.62. The van der Waals surface area contributed by atoms with Gasteiger partial charge in [0, 0.05) is 42.6 Å². The maximum atomic E-state index is 14.7. The summed E-state index contributed by atoms with van der Waals surface area (Å²) in [6, 6.07) is 6.81. The first-order valence-electron chi connectivity index (χ1n) is 21.3. The predicted octanol–water partition coefficient (Wildman–Crippen LogP) is 7.31. The first kappa shape index (κ1) is 48.7. The molecule has 1 saturated heterocycles. The molecule has 0 aliphatic carbocycles. The summed E-state index contributed by atoms with van der Waals surface area (Å²) in [5.41, 5.74) is 2.26. The van der Waals surface area contributed by atoms with E-state index in [-0.39, 0.29) is 79.7 Å². The number of nitrogens with zero attached hydrogens (tertiary/aromatic N) is 3. The second-order valence-corrected chi connectivity index (χ2v) is 18.0. The number of carbonyl (C=O) groups excluding carboxylic acids is 5. The average molecular weight is 827 g/mol. The zero-order valence-corrected chi connectivity index (χ0v) is 37.4. The van der Waals surface area contributed by atoms with Crippen LogP contribution in [0, 0.1) is 36.5 Å². The Hall–Kier alpha value is -3.68. The summed E-state index contributed by atoms with van der Waals surface area (Å²) in [4.78, 5) is 75.7. The number of likely N-dealkylation sites (tertiary alicyclic amines) is 1. The summed E-state index contributed by atoms with van der Waals surface area (Å²) in [7, 11) is 1.96. The largest absolute Gasteiger partial charge is 0.466 e. The molecule has 2 aromatic rings. The molecule has 1 aromatic heterocycles. The van der Waals surface area contributed by atoms with Crippen molar-refractivity contribution >= 4 is 40.9 Å². The van der Waals surface area contributed by atoms with Gasteiger partial charge in [-0.05, 0) is 76.4 Å². The summed E-state index contributed by atoms with van der Waals surface area (Å²) in [6.07, 6.45) is 3.51. The topological polar surface area (TPSA) is 155 Å². The first-order chi connectivity index (χ1) is 27.4. The lowest BCUT2D eigenvalue weighted by Gasteiger charge is -2.39. The number of esters is 2. The second-order valence-electron chi connectivity index (χ2n) is 17.1. The lowest BCUT2D eigenvalue weighted by molar-refractivity contribution is -0.161. The predicted molar refractivity (Wildman–Crippen MR) is 227 cm³/mol. The molecule has 1 fully saturated rings. The van der Waals surface area contributed by atoms with Gasteiger partial charge in [-0.2, -0.15) is 0 Å². The van der Waals surface area contributed by atoms with Gasteiger partial charge in [-0.25, -0.2) is 4.98 Å². The molecule has 1 aliphatic heterocycles. The summed E-state index contributed by atoms with van der Waals surface area (Å²) >= 11 is 1.15. The van der Waals surface area contributed by atoms with Crippen molar-refractivity contribution in [3.63, 3.8) is 0 Å². The van der Waals surface area contributed by atoms with Crippen molar-refractivity contribution in [2.45, 2.75) is 144 Å². The molecule has 0 bridgehead atoms. The molecule has 1 unspecified atom stereocenters. The Balaban J connectivity index is 1.86. The molecule has 0 radical (unpaired) electrons. The van der Waals surface area contributed by atoms with Crippen LogP contribution in [0.3, 0.4) is 0 Å². The minimum Gasteiger partial charge on any atom is -0.466 e. The van der Waals surface area contributed by atoms with Gasteiger partial charge in [0.05, 0.1) is 18.6 Å². The standard InChI is InChI=1S/C45H70N4O8S/c1-11-31(8)35(24-39(50)37-15-13-14-20-48(37)10)44(54)49(27-57-41(52)21-28(3)4)38(29(5)6)25-40(51)43-47-36(26-58-43)42(53)46-34(22-32(9)45(55)56-12-2)23-33-18-16-30(7)17-19-33/h16-19,26,28-29,31-32,34-35,37-38,40,51H,11-15,20-25,27H2,1-10H3,(H,46,53)/t31-,32?,34+,35-,37+,38+,40+/m0/s1. The lowest BCUT2D eigenvalue weighted by atomic mass is 9.82. The Morgan fingerprint density at radius 3 is 2.28 bits per heavy atom. The monoisotopic (exact) mass is 826 g/mol. The normalized spacial score (nSPS) is 17.8. The van der Waals surface area contributed by atoms with Crippen molar-refractivity contribution in [2.24, 2.45) is 29.6 Å². The van der Waals surface area contributed by atoms with Gasteiger partial charge in [-0.1, -0.05) is 91.1 Å². The van der Waals surface area contributed by atoms with Crippen LogP contribution in [0.1, 0.15) is 139 Å². The lowest BCUT2D eigenvalue weighted by Crippen LogP contribution is -2.50. The first-order valence-corrected chi connectivity index (χ1v) is 22.2. The number of carbonyl (C=O) groups is 5. The fraction of sp³-hybridized carbons (Fsp3) is 0.689. The maximum absolute atomic E-state index is 14.7. The summed E-state index contributed by atoms with van der Waals surface area (Å²) in [5.74, 6) is -2.73. The molecular weight excluding hydrogens is 757 g/mol. The highest BCUT2D eigenvalue weighted by Crippen LogP contribution is 2.32. The molecular formula is C45H70N4O8S. The molecule has 7 atom stereocenters. The zero-order valence-electron chi connectivity index (χ0n) is 36.6. The number of rotatable bonds is 23. The Labute approximate surface area is 350 Å². The number of thiazole rings is 1. The highest BCUT2D eigenvalue weighted by Gasteiger charge is 2.39. The van der Waals surface area contributed by atoms with Gasteiger partial charge in [-0.15, -0.1) is 11.3 Å². The highest BCUT2D eigenvalue weighted by molar-refractivity contribution is 7.09. The number of nitrogens with one attached hydrogen (secondary N) is 1. The maximum Gasteiger partial charge on any atom is 0.308 e. The minimum atomic E-state index is -1.15. The zero-order chi connectivity index (χ0) is 43.1. The van der Waals surface area contributed by atoms with Crippen molar-refractivity contribution in [1.82, 2.24) is 20.1 Å². The highest BCUT2D eigenvalue weighted by atomic mass is 32.1. The van der Waals surface area contributed by atoms with E-state index in [1.165, 1.54) is 0 Å². The Bertz CT molecular complexity index is 1630. The van der Waals surface area contributed by atoms with Crippen LogP contribution in [-0.2, 0) is 35.1 Å². The summed E-state index contributed by atoms with van der Waals surface area (Å²) in [5, 5.41) is 16.7. The minimum absolute atomic E-state index is 0.0452. The van der Waals surface area contributed by atoms with Crippen molar-refractivity contribution in [2.75, 3.05) is 26.9 Å². The van der Waals surface area contributed by atoms with E-state index >= 15 is 0 Å². The second kappa shape index (κ2) is 23.8. The third kappa shape index (κ3) is 14.9. The molecule has 13 heteroatoms. The summed E-state index contributed by atoms with van der Waals surface area (Å²) < 4.78 is 11.0. The van der Waals surface area contributed by atoms with Crippen LogP contribution in [-0.4, -0.2) is 94.5 Å². The quantitative estimate of drug-likeness (QED) is 0.0861. The summed E-state index contributed by atoms with van der Waals surface area (Å²) in [6.45, 7) is 18.1. The van der Waals surface area contributed by atoms with Crippen LogP contribution >= 0.6 is 11.3 Å². The molecule has 1 aliphatic rings. The molecule has 58 heavy (non-hydrogen) atoms. The number of aromatic nitrogens is 1. The van der Waals surface area contributed by atoms with Crippen LogP contribution in [0.4, 0.5) is 0 Å². The number of piperidine rings is 1. The van der Waals surface area contributed by atoms with Gasteiger partial charge in [0.2, 0.25) is 5.91 Å². The number of amides is 2. The molecule has 0 saturated carbocycles. The average Bonchev–Trinajstić information content (AvgIpc) is 3.68.